The SMILES string of the molecule is COc1ccc2c(n1)C(C)(C)c1oc3cc(C(N)=O)ccc3c1C2=O. The first-order valence-electron chi connectivity index (χ1n) is 7.81. The summed E-state index contributed by atoms with van der Waals surface area (Å²) in [5.41, 5.74) is 7.15. The van der Waals surface area contributed by atoms with Crippen molar-refractivity contribution in [2.75, 3.05) is 7.11 Å². The van der Waals surface area contributed by atoms with E-state index >= 15 is 0 Å². The average molecular weight is 336 g/mol. The van der Waals surface area contributed by atoms with Gasteiger partial charge in [-0.3, -0.25) is 9.59 Å². The Labute approximate surface area is 143 Å². The summed E-state index contributed by atoms with van der Waals surface area (Å²) in [4.78, 5) is 28.9. The van der Waals surface area contributed by atoms with Gasteiger partial charge in [-0.25, -0.2) is 4.98 Å². The first-order valence-corrected chi connectivity index (χ1v) is 7.81. The van der Waals surface area contributed by atoms with Crippen molar-refractivity contribution in [3.8, 4) is 5.88 Å². The van der Waals surface area contributed by atoms with Crippen molar-refractivity contribution in [3.05, 3.63) is 58.5 Å². The molecular weight excluding hydrogens is 320 g/mol. The second-order valence-electron chi connectivity index (χ2n) is 6.59. The third-order valence-corrected chi connectivity index (χ3v) is 4.68. The number of benzene rings is 1. The molecule has 3 aromatic rings. The highest BCUT2D eigenvalue weighted by atomic mass is 16.5. The second-order valence-corrected chi connectivity index (χ2v) is 6.59. The van der Waals surface area contributed by atoms with Crippen LogP contribution < -0.4 is 10.5 Å². The number of primary amides is 1. The Morgan fingerprint density at radius 2 is 2.00 bits per heavy atom. The number of ether oxygens (including phenoxy) is 1. The molecule has 0 radical (unpaired) electrons. The number of methoxy groups -OCH3 is 1. The molecule has 0 unspecified atom stereocenters. The van der Waals surface area contributed by atoms with Gasteiger partial charge in [0, 0.05) is 22.6 Å². The molecule has 0 spiro atoms. The van der Waals surface area contributed by atoms with E-state index in [0.717, 1.165) is 0 Å². The van der Waals surface area contributed by atoms with Gasteiger partial charge in [-0.2, -0.15) is 0 Å². The van der Waals surface area contributed by atoms with Crippen molar-refractivity contribution in [2.45, 2.75) is 19.3 Å². The molecule has 25 heavy (non-hydrogen) atoms. The maximum absolute atomic E-state index is 13.1. The van der Waals surface area contributed by atoms with Gasteiger partial charge in [0.2, 0.25) is 11.8 Å². The van der Waals surface area contributed by atoms with Gasteiger partial charge in [-0.1, -0.05) is 0 Å². The van der Waals surface area contributed by atoms with Crippen molar-refractivity contribution in [1.82, 2.24) is 4.98 Å². The molecule has 126 valence electrons. The fourth-order valence-corrected chi connectivity index (χ4v) is 3.37. The quantitative estimate of drug-likeness (QED) is 0.776. The van der Waals surface area contributed by atoms with Crippen LogP contribution in [0.3, 0.4) is 0 Å². The molecule has 2 N–H and O–H groups in total. The van der Waals surface area contributed by atoms with Crippen molar-refractivity contribution < 1.29 is 18.7 Å². The van der Waals surface area contributed by atoms with E-state index in [1.165, 1.54) is 7.11 Å². The number of aromatic nitrogens is 1. The zero-order valence-electron chi connectivity index (χ0n) is 14.0. The summed E-state index contributed by atoms with van der Waals surface area (Å²) < 4.78 is 11.2. The van der Waals surface area contributed by atoms with Gasteiger partial charge in [0.1, 0.15) is 11.3 Å². The topological polar surface area (TPSA) is 95.4 Å². The molecule has 6 heteroatoms. The predicted molar refractivity (Wildman–Crippen MR) is 91.1 cm³/mol. The smallest absolute Gasteiger partial charge is 0.248 e. The van der Waals surface area contributed by atoms with Crippen molar-refractivity contribution in [3.63, 3.8) is 0 Å². The maximum Gasteiger partial charge on any atom is 0.248 e. The Hall–Kier alpha value is -3.15. The van der Waals surface area contributed by atoms with Crippen LogP contribution in [-0.2, 0) is 5.41 Å². The molecule has 0 saturated heterocycles. The van der Waals surface area contributed by atoms with Crippen LogP contribution in [0.4, 0.5) is 0 Å². The van der Waals surface area contributed by atoms with Crippen LogP contribution >= 0.6 is 0 Å². The van der Waals surface area contributed by atoms with Crippen molar-refractivity contribution in [1.29, 1.82) is 0 Å². The number of carbonyl (C=O) groups is 2. The number of nitrogens with zero attached hydrogens (tertiary/aromatic N) is 1. The highest BCUT2D eigenvalue weighted by Crippen LogP contribution is 2.45. The fourth-order valence-electron chi connectivity index (χ4n) is 3.37. The van der Waals surface area contributed by atoms with E-state index < -0.39 is 11.3 Å². The molecule has 1 aliphatic rings. The number of furan rings is 1. The fraction of sp³-hybridized carbons (Fsp3) is 0.211. The first-order chi connectivity index (χ1) is 11.8. The minimum atomic E-state index is -0.626. The molecule has 1 amide bonds. The summed E-state index contributed by atoms with van der Waals surface area (Å²) in [5, 5.41) is 0.666. The summed E-state index contributed by atoms with van der Waals surface area (Å²) in [5.74, 6) is 0.277. The molecule has 0 saturated carbocycles. The van der Waals surface area contributed by atoms with Gasteiger partial charge >= 0.3 is 0 Å². The Kier molecular flexibility index (Phi) is 3.03. The minimum Gasteiger partial charge on any atom is -0.481 e. The molecule has 2 aromatic heterocycles. The van der Waals surface area contributed by atoms with Crippen LogP contribution in [0, 0.1) is 0 Å². The van der Waals surface area contributed by atoms with E-state index in [0.29, 0.717) is 45.0 Å². The Bertz CT molecular complexity index is 1060. The van der Waals surface area contributed by atoms with E-state index in [1.54, 1.807) is 30.3 Å². The zero-order valence-corrected chi connectivity index (χ0v) is 14.0. The van der Waals surface area contributed by atoms with Gasteiger partial charge in [0.25, 0.3) is 0 Å². The lowest BCUT2D eigenvalue weighted by Crippen LogP contribution is -2.30. The minimum absolute atomic E-state index is 0.148. The van der Waals surface area contributed by atoms with E-state index in [2.05, 4.69) is 4.98 Å². The summed E-state index contributed by atoms with van der Waals surface area (Å²) in [6, 6.07) is 8.27. The second kappa shape index (κ2) is 4.92. The average Bonchev–Trinajstić information content (AvgIpc) is 2.99. The normalized spacial score (nSPS) is 14.9. The molecule has 6 nitrogen and oxygen atoms in total. The summed E-state index contributed by atoms with van der Waals surface area (Å²) in [7, 11) is 1.53. The summed E-state index contributed by atoms with van der Waals surface area (Å²) in [6.45, 7) is 3.89. The van der Waals surface area contributed by atoms with Gasteiger partial charge < -0.3 is 14.9 Å². The molecular formula is C19H16N2O4. The number of fused-ring (bicyclic) bond motifs is 4. The number of pyridine rings is 1. The number of amides is 1. The Morgan fingerprint density at radius 3 is 2.68 bits per heavy atom. The lowest BCUT2D eigenvalue weighted by molar-refractivity contribution is 0.0997. The van der Waals surface area contributed by atoms with Gasteiger partial charge in [0.05, 0.1) is 23.8 Å². The molecule has 4 rings (SSSR count). The van der Waals surface area contributed by atoms with Crippen LogP contribution in [0.25, 0.3) is 11.0 Å². The number of carbonyl (C=O) groups excluding carboxylic acids is 2. The molecule has 1 aliphatic carbocycles. The third-order valence-electron chi connectivity index (χ3n) is 4.68. The van der Waals surface area contributed by atoms with Gasteiger partial charge in [-0.05, 0) is 38.1 Å². The highest BCUT2D eigenvalue weighted by Gasteiger charge is 2.43. The monoisotopic (exact) mass is 336 g/mol. The van der Waals surface area contributed by atoms with E-state index in [4.69, 9.17) is 14.9 Å². The molecule has 0 aliphatic heterocycles. The standard InChI is InChI=1S/C19H16N2O4/c1-19(2)16-11(6-7-13(21-16)24-3)15(22)14-10-5-4-9(18(20)23)8-12(10)25-17(14)19/h4-8H,1-3H3,(H2,20,23). The largest absolute Gasteiger partial charge is 0.481 e. The van der Waals surface area contributed by atoms with Crippen LogP contribution in [0.1, 0.15) is 51.6 Å². The maximum atomic E-state index is 13.1. The lowest BCUT2D eigenvalue weighted by Gasteiger charge is -2.29. The van der Waals surface area contributed by atoms with E-state index in [1.807, 2.05) is 13.8 Å². The van der Waals surface area contributed by atoms with E-state index in [-0.39, 0.29) is 5.78 Å². The molecule has 0 bridgehead atoms. The zero-order chi connectivity index (χ0) is 17.9. The van der Waals surface area contributed by atoms with Crippen molar-refractivity contribution >= 4 is 22.7 Å². The van der Waals surface area contributed by atoms with Crippen LogP contribution in [-0.4, -0.2) is 23.8 Å². The molecule has 2 heterocycles. The van der Waals surface area contributed by atoms with Gasteiger partial charge in [0.15, 0.2) is 5.78 Å². The first kappa shape index (κ1) is 15.4. The lowest BCUT2D eigenvalue weighted by atomic mass is 9.74. The molecule has 1 aromatic carbocycles. The van der Waals surface area contributed by atoms with Crippen LogP contribution in [0.2, 0.25) is 0 Å². The Balaban J connectivity index is 2.03. The van der Waals surface area contributed by atoms with E-state index in [9.17, 15) is 9.59 Å². The van der Waals surface area contributed by atoms with Crippen LogP contribution in [0.5, 0.6) is 5.88 Å². The number of ketones is 1. The highest BCUT2D eigenvalue weighted by molar-refractivity contribution is 6.19. The number of hydrogen-bond acceptors (Lipinski definition) is 5. The number of rotatable bonds is 2. The Morgan fingerprint density at radius 1 is 1.24 bits per heavy atom. The third kappa shape index (κ3) is 2.00. The van der Waals surface area contributed by atoms with Crippen LogP contribution in [0.15, 0.2) is 34.7 Å². The number of hydrogen-bond donors (Lipinski definition) is 1. The van der Waals surface area contributed by atoms with Crippen molar-refractivity contribution in [2.24, 2.45) is 5.73 Å². The molecule has 0 fully saturated rings. The predicted octanol–water partition coefficient (Wildman–Crippen LogP) is 2.81. The molecule has 0 atom stereocenters. The van der Waals surface area contributed by atoms with Gasteiger partial charge in [-0.15, -0.1) is 0 Å². The number of nitrogens with two attached hydrogens (primary N) is 1. The summed E-state index contributed by atoms with van der Waals surface area (Å²) in [6.07, 6.45) is 0. The summed E-state index contributed by atoms with van der Waals surface area (Å²) >= 11 is 0.